The molecular formula is C11H11NO2. The van der Waals surface area contributed by atoms with E-state index in [1.54, 1.807) is 0 Å². The standard InChI is InChI=1S/C11H11NO2/c1-2-13-11-5-7-8(6-12-11)10-4-3-9(7)14-10/h3-6,9-10H,2H2,1H3. The van der Waals surface area contributed by atoms with Gasteiger partial charge in [-0.3, -0.25) is 0 Å². The number of ether oxygens (including phenoxy) is 2. The summed E-state index contributed by atoms with van der Waals surface area (Å²) >= 11 is 0. The van der Waals surface area contributed by atoms with Crippen molar-refractivity contribution in [3.63, 3.8) is 0 Å². The third-order valence-corrected chi connectivity index (χ3v) is 2.60. The molecule has 3 heteroatoms. The molecule has 0 spiro atoms. The van der Waals surface area contributed by atoms with Crippen LogP contribution in [-0.4, -0.2) is 11.6 Å². The van der Waals surface area contributed by atoms with Gasteiger partial charge in [0.1, 0.15) is 12.2 Å². The van der Waals surface area contributed by atoms with E-state index in [2.05, 4.69) is 17.1 Å². The van der Waals surface area contributed by atoms with Crippen molar-refractivity contribution in [2.75, 3.05) is 6.61 Å². The van der Waals surface area contributed by atoms with Gasteiger partial charge in [0.25, 0.3) is 0 Å². The summed E-state index contributed by atoms with van der Waals surface area (Å²) in [7, 11) is 0. The normalized spacial score (nSPS) is 26.6. The Labute approximate surface area is 82.4 Å². The highest BCUT2D eigenvalue weighted by molar-refractivity contribution is 5.43. The molecule has 72 valence electrons. The zero-order valence-electron chi connectivity index (χ0n) is 7.93. The molecule has 2 aliphatic heterocycles. The Morgan fingerprint density at radius 3 is 2.93 bits per heavy atom. The predicted octanol–water partition coefficient (Wildman–Crippen LogP) is 2.16. The molecule has 0 amide bonds. The molecule has 3 heterocycles. The van der Waals surface area contributed by atoms with Gasteiger partial charge in [-0.1, -0.05) is 12.2 Å². The molecule has 14 heavy (non-hydrogen) atoms. The topological polar surface area (TPSA) is 31.4 Å². The molecule has 3 rings (SSSR count). The Morgan fingerprint density at radius 2 is 2.14 bits per heavy atom. The molecule has 2 unspecified atom stereocenters. The number of aromatic nitrogens is 1. The lowest BCUT2D eigenvalue weighted by Gasteiger charge is -2.08. The number of rotatable bonds is 2. The van der Waals surface area contributed by atoms with Crippen molar-refractivity contribution in [3.05, 3.63) is 35.5 Å². The maximum absolute atomic E-state index is 5.67. The fourth-order valence-corrected chi connectivity index (χ4v) is 1.98. The molecule has 0 aromatic carbocycles. The summed E-state index contributed by atoms with van der Waals surface area (Å²) < 4.78 is 11.0. The zero-order valence-corrected chi connectivity index (χ0v) is 7.93. The van der Waals surface area contributed by atoms with Crippen molar-refractivity contribution in [1.82, 2.24) is 4.98 Å². The van der Waals surface area contributed by atoms with Crippen LogP contribution in [0.2, 0.25) is 0 Å². The van der Waals surface area contributed by atoms with E-state index < -0.39 is 0 Å². The highest BCUT2D eigenvalue weighted by Crippen LogP contribution is 2.45. The van der Waals surface area contributed by atoms with Gasteiger partial charge >= 0.3 is 0 Å². The summed E-state index contributed by atoms with van der Waals surface area (Å²) in [5.74, 6) is 0.691. The fraction of sp³-hybridized carbons (Fsp3) is 0.364. The van der Waals surface area contributed by atoms with E-state index in [0.717, 1.165) is 0 Å². The van der Waals surface area contributed by atoms with Crippen LogP contribution in [0.5, 0.6) is 5.88 Å². The summed E-state index contributed by atoms with van der Waals surface area (Å²) in [6, 6.07) is 1.98. The number of hydrogen-bond donors (Lipinski definition) is 0. The monoisotopic (exact) mass is 189 g/mol. The number of pyridine rings is 1. The minimum Gasteiger partial charge on any atom is -0.478 e. The summed E-state index contributed by atoms with van der Waals surface area (Å²) in [4.78, 5) is 4.22. The summed E-state index contributed by atoms with van der Waals surface area (Å²) in [6.07, 6.45) is 6.27. The van der Waals surface area contributed by atoms with E-state index in [9.17, 15) is 0 Å². The lowest BCUT2D eigenvalue weighted by molar-refractivity contribution is 0.0878. The van der Waals surface area contributed by atoms with Crippen LogP contribution in [0.4, 0.5) is 0 Å². The third-order valence-electron chi connectivity index (χ3n) is 2.60. The molecule has 2 bridgehead atoms. The average Bonchev–Trinajstić information content (AvgIpc) is 2.78. The first-order valence-corrected chi connectivity index (χ1v) is 4.85. The van der Waals surface area contributed by atoms with Gasteiger partial charge in [0.2, 0.25) is 5.88 Å². The molecule has 0 N–H and O–H groups in total. The minimum atomic E-state index is 0.122. The number of hydrogen-bond acceptors (Lipinski definition) is 3. The SMILES string of the molecule is CCOc1cc2c(cn1)C1C=CC2O1. The van der Waals surface area contributed by atoms with Crippen LogP contribution in [0.25, 0.3) is 0 Å². The van der Waals surface area contributed by atoms with E-state index >= 15 is 0 Å². The third kappa shape index (κ3) is 0.990. The first kappa shape index (κ1) is 8.00. The Morgan fingerprint density at radius 1 is 1.36 bits per heavy atom. The average molecular weight is 189 g/mol. The van der Waals surface area contributed by atoms with E-state index in [0.29, 0.717) is 12.5 Å². The molecule has 0 aliphatic carbocycles. The summed E-state index contributed by atoms with van der Waals surface area (Å²) in [6.45, 7) is 2.61. The first-order valence-electron chi connectivity index (χ1n) is 4.85. The molecule has 3 nitrogen and oxygen atoms in total. The second-order valence-electron chi connectivity index (χ2n) is 3.45. The van der Waals surface area contributed by atoms with Crippen molar-refractivity contribution in [1.29, 1.82) is 0 Å². The molecule has 1 aromatic rings. The molecule has 0 radical (unpaired) electrons. The van der Waals surface area contributed by atoms with Crippen LogP contribution in [0, 0.1) is 0 Å². The zero-order chi connectivity index (χ0) is 9.54. The lowest BCUT2D eigenvalue weighted by Crippen LogP contribution is -1.99. The van der Waals surface area contributed by atoms with Crippen molar-refractivity contribution in [2.24, 2.45) is 0 Å². The van der Waals surface area contributed by atoms with Crippen LogP contribution in [0.15, 0.2) is 24.4 Å². The molecule has 0 fully saturated rings. The lowest BCUT2D eigenvalue weighted by atomic mass is 9.99. The van der Waals surface area contributed by atoms with Gasteiger partial charge in [0.15, 0.2) is 0 Å². The maximum Gasteiger partial charge on any atom is 0.213 e. The Balaban J connectivity index is 2.02. The molecule has 2 atom stereocenters. The van der Waals surface area contributed by atoms with E-state index in [1.807, 2.05) is 19.2 Å². The minimum absolute atomic E-state index is 0.122. The molecule has 2 aliphatic rings. The predicted molar refractivity (Wildman–Crippen MR) is 51.1 cm³/mol. The molecule has 0 saturated carbocycles. The van der Waals surface area contributed by atoms with E-state index in [-0.39, 0.29) is 12.2 Å². The van der Waals surface area contributed by atoms with Crippen LogP contribution < -0.4 is 4.74 Å². The fourth-order valence-electron chi connectivity index (χ4n) is 1.98. The van der Waals surface area contributed by atoms with E-state index in [4.69, 9.17) is 9.47 Å². The summed E-state index contributed by atoms with van der Waals surface area (Å²) in [5, 5.41) is 0. The van der Waals surface area contributed by atoms with Gasteiger partial charge in [-0.15, -0.1) is 0 Å². The van der Waals surface area contributed by atoms with Crippen molar-refractivity contribution < 1.29 is 9.47 Å². The van der Waals surface area contributed by atoms with Crippen LogP contribution in [0.3, 0.4) is 0 Å². The first-order chi connectivity index (χ1) is 6.88. The molecule has 0 saturated heterocycles. The Hall–Kier alpha value is -1.35. The highest BCUT2D eigenvalue weighted by atomic mass is 16.5. The summed E-state index contributed by atoms with van der Waals surface area (Å²) in [5.41, 5.74) is 2.39. The van der Waals surface area contributed by atoms with E-state index in [1.165, 1.54) is 11.1 Å². The van der Waals surface area contributed by atoms with Crippen molar-refractivity contribution in [3.8, 4) is 5.88 Å². The van der Waals surface area contributed by atoms with Crippen molar-refractivity contribution >= 4 is 0 Å². The van der Waals surface area contributed by atoms with Gasteiger partial charge in [-0.2, -0.15) is 0 Å². The van der Waals surface area contributed by atoms with Crippen LogP contribution in [0.1, 0.15) is 30.3 Å². The number of fused-ring (bicyclic) bond motifs is 5. The molecular weight excluding hydrogens is 178 g/mol. The van der Waals surface area contributed by atoms with Gasteiger partial charge < -0.3 is 9.47 Å². The Bertz CT molecular complexity index is 400. The largest absolute Gasteiger partial charge is 0.478 e. The van der Waals surface area contributed by atoms with Gasteiger partial charge in [0.05, 0.1) is 6.61 Å². The maximum atomic E-state index is 5.67. The van der Waals surface area contributed by atoms with Crippen molar-refractivity contribution in [2.45, 2.75) is 19.1 Å². The molecule has 1 aromatic heterocycles. The second kappa shape index (κ2) is 2.82. The van der Waals surface area contributed by atoms with Crippen LogP contribution >= 0.6 is 0 Å². The highest BCUT2D eigenvalue weighted by Gasteiger charge is 2.34. The Kier molecular flexibility index (Phi) is 1.61. The smallest absolute Gasteiger partial charge is 0.213 e. The number of nitrogens with zero attached hydrogens (tertiary/aromatic N) is 1. The second-order valence-corrected chi connectivity index (χ2v) is 3.45. The van der Waals surface area contributed by atoms with Gasteiger partial charge in [-0.05, 0) is 12.5 Å². The van der Waals surface area contributed by atoms with Crippen LogP contribution in [-0.2, 0) is 4.74 Å². The van der Waals surface area contributed by atoms with Gasteiger partial charge in [-0.25, -0.2) is 4.98 Å². The van der Waals surface area contributed by atoms with Gasteiger partial charge in [0, 0.05) is 17.8 Å². The quantitative estimate of drug-likeness (QED) is 0.668.